The second-order valence-electron chi connectivity index (χ2n) is 8.46. The monoisotopic (exact) mass is 393 g/mol. The number of piperidine rings is 1. The third kappa shape index (κ3) is 5.88. The van der Waals surface area contributed by atoms with Gasteiger partial charge in [0.15, 0.2) is 0 Å². The lowest BCUT2D eigenvalue weighted by molar-refractivity contribution is 0.200. The summed E-state index contributed by atoms with van der Waals surface area (Å²) in [4.78, 5) is 2.66. The van der Waals surface area contributed by atoms with Crippen molar-refractivity contribution in [1.29, 1.82) is 0 Å². The number of hydrogen-bond donors (Lipinski definition) is 0. The number of likely N-dealkylation sites (tertiary alicyclic amines) is 1. The zero-order valence-electron chi connectivity index (χ0n) is 16.2. The summed E-state index contributed by atoms with van der Waals surface area (Å²) in [7, 11) is 0. The van der Waals surface area contributed by atoms with Gasteiger partial charge in [0.05, 0.1) is 0 Å². The highest BCUT2D eigenvalue weighted by atomic mass is 79.9. The highest BCUT2D eigenvalue weighted by Crippen LogP contribution is 2.32. The van der Waals surface area contributed by atoms with Crippen molar-refractivity contribution in [3.05, 3.63) is 33.8 Å². The SMILES string of the molecule is CCCCC(C)(C)c1ccc(CC(C)CN2CCCCC2)c(Br)c1. The third-order valence-electron chi connectivity index (χ3n) is 5.58. The predicted octanol–water partition coefficient (Wildman–Crippen LogP) is 6.58. The van der Waals surface area contributed by atoms with Gasteiger partial charge in [-0.3, -0.25) is 0 Å². The van der Waals surface area contributed by atoms with E-state index in [1.807, 2.05) is 0 Å². The van der Waals surface area contributed by atoms with Gasteiger partial charge < -0.3 is 4.90 Å². The minimum absolute atomic E-state index is 0.274. The Labute approximate surface area is 158 Å². The Morgan fingerprint density at radius 3 is 2.50 bits per heavy atom. The van der Waals surface area contributed by atoms with Gasteiger partial charge in [0.2, 0.25) is 0 Å². The number of rotatable bonds is 8. The van der Waals surface area contributed by atoms with Crippen molar-refractivity contribution in [3.63, 3.8) is 0 Å². The Bertz CT molecular complexity index is 503. The quantitative estimate of drug-likeness (QED) is 0.481. The molecule has 1 aliphatic rings. The molecular weight excluding hydrogens is 358 g/mol. The van der Waals surface area contributed by atoms with E-state index in [1.54, 1.807) is 0 Å². The molecule has 0 N–H and O–H groups in total. The van der Waals surface area contributed by atoms with Crippen LogP contribution in [-0.2, 0) is 11.8 Å². The fourth-order valence-electron chi connectivity index (χ4n) is 3.92. The van der Waals surface area contributed by atoms with Crippen LogP contribution in [0.4, 0.5) is 0 Å². The molecule has 1 aromatic carbocycles. The van der Waals surface area contributed by atoms with Crippen molar-refractivity contribution in [2.75, 3.05) is 19.6 Å². The summed E-state index contributed by atoms with van der Waals surface area (Å²) in [6, 6.07) is 7.10. The minimum Gasteiger partial charge on any atom is -0.303 e. The minimum atomic E-state index is 0.274. The lowest BCUT2D eigenvalue weighted by atomic mass is 9.80. The molecule has 1 saturated heterocycles. The topological polar surface area (TPSA) is 3.24 Å². The summed E-state index contributed by atoms with van der Waals surface area (Å²) < 4.78 is 1.30. The Morgan fingerprint density at radius 1 is 1.17 bits per heavy atom. The molecule has 2 rings (SSSR count). The first kappa shape index (κ1) is 20.0. The number of hydrogen-bond acceptors (Lipinski definition) is 1. The van der Waals surface area contributed by atoms with Crippen molar-refractivity contribution in [2.24, 2.45) is 5.92 Å². The molecular formula is C22H36BrN. The standard InChI is InChI=1S/C22H36BrN/c1-5-6-12-22(3,4)20-11-10-19(21(23)16-20)15-18(2)17-24-13-8-7-9-14-24/h10-11,16,18H,5-9,12-15,17H2,1-4H3. The van der Waals surface area contributed by atoms with E-state index in [1.165, 1.54) is 80.2 Å². The van der Waals surface area contributed by atoms with Crippen LogP contribution in [0.3, 0.4) is 0 Å². The summed E-state index contributed by atoms with van der Waals surface area (Å²) >= 11 is 3.85. The maximum absolute atomic E-state index is 3.85. The second kappa shape index (κ2) is 9.38. The van der Waals surface area contributed by atoms with Gasteiger partial charge in [0.1, 0.15) is 0 Å². The van der Waals surface area contributed by atoms with Crippen LogP contribution in [0.5, 0.6) is 0 Å². The van der Waals surface area contributed by atoms with Gasteiger partial charge in [-0.2, -0.15) is 0 Å². The molecule has 0 radical (unpaired) electrons. The molecule has 1 unspecified atom stereocenters. The predicted molar refractivity (Wildman–Crippen MR) is 110 cm³/mol. The van der Waals surface area contributed by atoms with E-state index in [9.17, 15) is 0 Å². The molecule has 1 nitrogen and oxygen atoms in total. The molecule has 0 amide bonds. The number of unbranched alkanes of at least 4 members (excludes halogenated alkanes) is 1. The molecule has 0 bridgehead atoms. The number of halogens is 1. The molecule has 1 aliphatic heterocycles. The van der Waals surface area contributed by atoms with Crippen LogP contribution in [0.2, 0.25) is 0 Å². The van der Waals surface area contributed by atoms with E-state index in [4.69, 9.17) is 0 Å². The van der Waals surface area contributed by atoms with Crippen LogP contribution < -0.4 is 0 Å². The highest BCUT2D eigenvalue weighted by Gasteiger charge is 2.21. The van der Waals surface area contributed by atoms with Gasteiger partial charge in [-0.15, -0.1) is 0 Å². The van der Waals surface area contributed by atoms with Crippen LogP contribution in [0.25, 0.3) is 0 Å². The van der Waals surface area contributed by atoms with E-state index < -0.39 is 0 Å². The Morgan fingerprint density at radius 2 is 1.88 bits per heavy atom. The van der Waals surface area contributed by atoms with Crippen molar-refractivity contribution < 1.29 is 0 Å². The van der Waals surface area contributed by atoms with Crippen molar-refractivity contribution in [1.82, 2.24) is 4.90 Å². The molecule has 0 spiro atoms. The molecule has 1 fully saturated rings. The molecule has 1 atom stereocenters. The summed E-state index contributed by atoms with van der Waals surface area (Å²) in [5.74, 6) is 0.721. The first-order valence-corrected chi connectivity index (χ1v) is 10.7. The lowest BCUT2D eigenvalue weighted by Crippen LogP contribution is -2.34. The van der Waals surface area contributed by atoms with Gasteiger partial charge in [0.25, 0.3) is 0 Å². The van der Waals surface area contributed by atoms with Crippen molar-refractivity contribution in [3.8, 4) is 0 Å². The van der Waals surface area contributed by atoms with E-state index in [0.717, 1.165) is 5.92 Å². The first-order chi connectivity index (χ1) is 11.4. The Balaban J connectivity index is 1.96. The fraction of sp³-hybridized carbons (Fsp3) is 0.727. The van der Waals surface area contributed by atoms with Gasteiger partial charge in [0, 0.05) is 11.0 Å². The van der Waals surface area contributed by atoms with Crippen LogP contribution in [-0.4, -0.2) is 24.5 Å². The van der Waals surface area contributed by atoms with Crippen LogP contribution >= 0.6 is 15.9 Å². The van der Waals surface area contributed by atoms with E-state index in [0.29, 0.717) is 0 Å². The largest absolute Gasteiger partial charge is 0.303 e. The number of nitrogens with zero attached hydrogens (tertiary/aromatic N) is 1. The molecule has 0 aliphatic carbocycles. The van der Waals surface area contributed by atoms with E-state index >= 15 is 0 Å². The first-order valence-electron chi connectivity index (χ1n) is 9.93. The van der Waals surface area contributed by atoms with Crippen LogP contribution in [0.15, 0.2) is 22.7 Å². The second-order valence-corrected chi connectivity index (χ2v) is 9.32. The zero-order chi connectivity index (χ0) is 17.6. The van der Waals surface area contributed by atoms with Gasteiger partial charge >= 0.3 is 0 Å². The molecule has 1 aromatic rings. The smallest absolute Gasteiger partial charge is 0.0210 e. The van der Waals surface area contributed by atoms with Crippen molar-refractivity contribution in [2.45, 2.75) is 78.1 Å². The molecule has 24 heavy (non-hydrogen) atoms. The Hall–Kier alpha value is -0.340. The Kier molecular flexibility index (Phi) is 7.81. The van der Waals surface area contributed by atoms with Gasteiger partial charge in [-0.25, -0.2) is 0 Å². The average Bonchev–Trinajstić information content (AvgIpc) is 2.55. The summed E-state index contributed by atoms with van der Waals surface area (Å²) in [5.41, 5.74) is 3.21. The number of benzene rings is 1. The van der Waals surface area contributed by atoms with Crippen LogP contribution in [0, 0.1) is 5.92 Å². The molecule has 0 aromatic heterocycles. The third-order valence-corrected chi connectivity index (χ3v) is 6.32. The van der Waals surface area contributed by atoms with Crippen molar-refractivity contribution >= 4 is 15.9 Å². The zero-order valence-corrected chi connectivity index (χ0v) is 17.8. The van der Waals surface area contributed by atoms with E-state index in [2.05, 4.69) is 66.7 Å². The molecule has 0 saturated carbocycles. The summed E-state index contributed by atoms with van der Waals surface area (Å²) in [6.07, 6.45) is 9.21. The molecule has 136 valence electrons. The maximum Gasteiger partial charge on any atom is 0.0210 e. The average molecular weight is 394 g/mol. The summed E-state index contributed by atoms with van der Waals surface area (Å²) in [5, 5.41) is 0. The highest BCUT2D eigenvalue weighted by molar-refractivity contribution is 9.10. The van der Waals surface area contributed by atoms with Gasteiger partial charge in [-0.1, -0.05) is 75.0 Å². The van der Waals surface area contributed by atoms with E-state index in [-0.39, 0.29) is 5.41 Å². The summed E-state index contributed by atoms with van der Waals surface area (Å²) in [6.45, 7) is 13.3. The maximum atomic E-state index is 3.85. The molecule has 1 heterocycles. The molecule has 2 heteroatoms. The van der Waals surface area contributed by atoms with Gasteiger partial charge in [-0.05, 0) is 67.3 Å². The normalized spacial score (nSPS) is 17.9. The van der Waals surface area contributed by atoms with Crippen LogP contribution in [0.1, 0.15) is 77.3 Å². The lowest BCUT2D eigenvalue weighted by Gasteiger charge is -2.29. The fourth-order valence-corrected chi connectivity index (χ4v) is 4.46.